The van der Waals surface area contributed by atoms with E-state index in [-0.39, 0.29) is 47.3 Å². The van der Waals surface area contributed by atoms with Crippen molar-refractivity contribution >= 4 is 59.0 Å². The van der Waals surface area contributed by atoms with E-state index in [1.54, 1.807) is 32.3 Å². The number of nitrogens with one attached hydrogen (secondary N) is 3. The number of aryl methyl sites for hydroxylation is 1. The highest BCUT2D eigenvalue weighted by molar-refractivity contribution is 8.06. The van der Waals surface area contributed by atoms with E-state index < -0.39 is 12.1 Å². The summed E-state index contributed by atoms with van der Waals surface area (Å²) in [5.74, 6) is 8.28. The van der Waals surface area contributed by atoms with Crippen molar-refractivity contribution in [3.05, 3.63) is 47.8 Å². The van der Waals surface area contributed by atoms with Crippen molar-refractivity contribution in [3.8, 4) is 23.1 Å². The standard InChI is InChI=1S/C26H35N3O4.C14H26N4O3.C13H20N2O.C2H4S/c1-6-29-23-10-9-19(27-12-13-30)14-21(23)22(15-26(3,4)16-33-17-31)25(29)20-8-7-11-28-24(20)18(2)32-5;1-10(2)12(17(4)9-19)13(20)16-11(3)14(21)18-8-6-5-7-15-18;1-13(2,15-10-5-11-15)7-6-12(16)14-8-3-4-9-14;1-2-3-1/h7-11,14,17-18,27,30H,6,12-13,15-16H2,1-5H3;9-12,15H,5-8H2,1-4H3,(H,16,20);3-5,8-11H2,1-2H3;1-2H2. The van der Waals surface area contributed by atoms with Crippen LogP contribution in [0.25, 0.3) is 22.2 Å². The van der Waals surface area contributed by atoms with Gasteiger partial charge in [-0.3, -0.25) is 38.9 Å². The Morgan fingerprint density at radius 2 is 1.67 bits per heavy atom. The zero-order valence-electron chi connectivity index (χ0n) is 45.6. The summed E-state index contributed by atoms with van der Waals surface area (Å²) in [6.45, 7) is 25.5. The molecule has 73 heavy (non-hydrogen) atoms. The highest BCUT2D eigenvalue weighted by Crippen LogP contribution is 2.41. The molecular weight excluding hydrogens is 947 g/mol. The molecule has 3 unspecified atom stereocenters. The van der Waals surface area contributed by atoms with Gasteiger partial charge < -0.3 is 39.6 Å². The van der Waals surface area contributed by atoms with Gasteiger partial charge in [-0.05, 0) is 121 Å². The number of benzene rings is 1. The number of likely N-dealkylation sites (N-methyl/N-ethyl adjacent to an activating group) is 1. The van der Waals surface area contributed by atoms with E-state index in [1.807, 2.05) is 49.6 Å². The zero-order valence-corrected chi connectivity index (χ0v) is 46.4. The van der Waals surface area contributed by atoms with Gasteiger partial charge in [0.15, 0.2) is 0 Å². The first-order chi connectivity index (χ1) is 34.8. The second-order valence-electron chi connectivity index (χ2n) is 20.6. The Hall–Kier alpha value is -5.19. The van der Waals surface area contributed by atoms with Crippen LogP contribution in [0, 0.1) is 23.2 Å². The van der Waals surface area contributed by atoms with Crippen LogP contribution in [-0.4, -0.2) is 167 Å². The number of rotatable bonds is 19. The van der Waals surface area contributed by atoms with Gasteiger partial charge in [-0.15, -0.1) is 0 Å². The van der Waals surface area contributed by atoms with Gasteiger partial charge in [-0.1, -0.05) is 33.6 Å². The van der Waals surface area contributed by atoms with Crippen LogP contribution in [0.15, 0.2) is 36.5 Å². The number of carbonyl (C=O) groups is 5. The van der Waals surface area contributed by atoms with Gasteiger partial charge in [0.05, 0.1) is 36.2 Å². The zero-order chi connectivity index (χ0) is 53.7. The van der Waals surface area contributed by atoms with Gasteiger partial charge in [0.25, 0.3) is 18.3 Å². The molecular formula is C55H85N9O8S. The Labute approximate surface area is 439 Å². The minimum atomic E-state index is -0.621. The molecule has 0 aliphatic carbocycles. The van der Waals surface area contributed by atoms with E-state index in [1.165, 1.54) is 28.4 Å². The molecule has 4 amide bonds. The van der Waals surface area contributed by atoms with Crippen molar-refractivity contribution in [1.29, 1.82) is 0 Å². The van der Waals surface area contributed by atoms with Crippen molar-refractivity contribution in [3.63, 3.8) is 0 Å². The first kappa shape index (κ1) is 60.4. The molecule has 0 radical (unpaired) electrons. The molecule has 4 N–H and O–H groups in total. The Morgan fingerprint density at radius 3 is 2.22 bits per heavy atom. The van der Waals surface area contributed by atoms with Crippen LogP contribution in [0.1, 0.15) is 112 Å². The monoisotopic (exact) mass is 1030 g/mol. The lowest BCUT2D eigenvalue weighted by molar-refractivity contribution is -0.141. The maximum Gasteiger partial charge on any atom is 0.298 e. The molecule has 18 heteroatoms. The highest BCUT2D eigenvalue weighted by atomic mass is 32.2. The average molecular weight is 1030 g/mol. The van der Waals surface area contributed by atoms with Crippen molar-refractivity contribution < 1.29 is 38.6 Å². The van der Waals surface area contributed by atoms with Crippen molar-refractivity contribution in [2.75, 3.05) is 90.0 Å². The molecule has 0 saturated carbocycles. The van der Waals surface area contributed by atoms with E-state index in [2.05, 4.69) is 95.2 Å². The SMILES string of the molecule is C1CS1.CC(C)(C#CC(=O)N1CCCC1)N1CCC1.CC(NC(=O)C(C(C)C)N(C)C=O)C(=O)N1CCCCN1.CCn1c(-c2cccnc2C(C)OC)c(CC(C)(C)COC=O)c2cc(NCCO)ccc21. The summed E-state index contributed by atoms with van der Waals surface area (Å²) < 4.78 is 13.1. The van der Waals surface area contributed by atoms with Crippen LogP contribution >= 0.6 is 11.8 Å². The number of thioether (sulfide) groups is 1. The predicted molar refractivity (Wildman–Crippen MR) is 292 cm³/mol. The number of methoxy groups -OCH3 is 1. The second kappa shape index (κ2) is 29.6. The summed E-state index contributed by atoms with van der Waals surface area (Å²) >= 11 is 2.00. The number of aliphatic hydroxyl groups is 1. The number of aromatic nitrogens is 2. The molecule has 3 atom stereocenters. The smallest absolute Gasteiger partial charge is 0.298 e. The van der Waals surface area contributed by atoms with Gasteiger partial charge in [0.1, 0.15) is 12.1 Å². The van der Waals surface area contributed by atoms with Gasteiger partial charge in [0, 0.05) is 112 Å². The molecule has 17 nitrogen and oxygen atoms in total. The van der Waals surface area contributed by atoms with Crippen LogP contribution in [0.5, 0.6) is 0 Å². The second-order valence-corrected chi connectivity index (χ2v) is 21.8. The number of hydrogen-bond donors (Lipinski definition) is 4. The summed E-state index contributed by atoms with van der Waals surface area (Å²) in [5.41, 5.74) is 8.91. The number of ether oxygens (including phenoxy) is 2. The number of amides is 4. The Kier molecular flexibility index (Phi) is 24.5. The third-order valence-corrected chi connectivity index (χ3v) is 13.7. The number of hydrogen-bond acceptors (Lipinski definition) is 13. The van der Waals surface area contributed by atoms with Crippen LogP contribution in [-0.2, 0) is 46.4 Å². The molecule has 3 aromatic rings. The van der Waals surface area contributed by atoms with E-state index in [4.69, 9.17) is 9.47 Å². The number of carbonyl (C=O) groups excluding carboxylic acids is 5. The quantitative estimate of drug-likeness (QED) is 0.0610. The third kappa shape index (κ3) is 18.0. The lowest BCUT2D eigenvalue weighted by Gasteiger charge is -2.41. The topological polar surface area (TPSA) is 191 Å². The normalized spacial score (nSPS) is 16.6. The number of likely N-dealkylation sites (tertiary alicyclic amines) is 2. The van der Waals surface area contributed by atoms with Gasteiger partial charge in [-0.2, -0.15) is 11.8 Å². The fourth-order valence-corrected chi connectivity index (χ4v) is 9.05. The van der Waals surface area contributed by atoms with Crippen molar-refractivity contribution in [2.24, 2.45) is 11.3 Å². The minimum absolute atomic E-state index is 0.00565. The maximum atomic E-state index is 12.3. The van der Waals surface area contributed by atoms with Crippen LogP contribution in [0.2, 0.25) is 0 Å². The number of pyridine rings is 1. The third-order valence-electron chi connectivity index (χ3n) is 13.3. The van der Waals surface area contributed by atoms with E-state index >= 15 is 0 Å². The molecule has 4 fully saturated rings. The molecule has 4 aliphatic heterocycles. The van der Waals surface area contributed by atoms with E-state index in [9.17, 15) is 29.1 Å². The van der Waals surface area contributed by atoms with Crippen LogP contribution in [0.4, 0.5) is 5.69 Å². The molecule has 4 aliphatic rings. The van der Waals surface area contributed by atoms with Crippen LogP contribution < -0.4 is 16.1 Å². The summed E-state index contributed by atoms with van der Waals surface area (Å²) in [6, 6.07) is 9.16. The minimum Gasteiger partial charge on any atom is -0.467 e. The Balaban J connectivity index is 0.000000246. The Morgan fingerprint density at radius 1 is 0.986 bits per heavy atom. The molecule has 404 valence electrons. The first-order valence-corrected chi connectivity index (χ1v) is 27.2. The molecule has 0 bridgehead atoms. The molecule has 6 heterocycles. The number of hydrazine groups is 1. The summed E-state index contributed by atoms with van der Waals surface area (Å²) in [6.07, 6.45) is 8.49. The molecule has 0 spiro atoms. The largest absolute Gasteiger partial charge is 0.467 e. The van der Waals surface area contributed by atoms with Crippen molar-refractivity contribution in [2.45, 2.75) is 131 Å². The summed E-state index contributed by atoms with van der Waals surface area (Å²) in [7, 11) is 3.26. The number of nitrogens with zero attached hydrogens (tertiary/aromatic N) is 6. The molecule has 1 aromatic carbocycles. The number of anilines is 1. The lowest BCUT2D eigenvalue weighted by Crippen LogP contribution is -2.57. The Bertz CT molecular complexity index is 2310. The molecule has 4 saturated heterocycles. The van der Waals surface area contributed by atoms with Gasteiger partial charge in [0.2, 0.25) is 12.3 Å². The predicted octanol–water partition coefficient (Wildman–Crippen LogP) is 6.14. The van der Waals surface area contributed by atoms with Crippen molar-refractivity contribution in [1.82, 2.24) is 40.0 Å². The lowest BCUT2D eigenvalue weighted by atomic mass is 9.84. The maximum absolute atomic E-state index is 12.3. The fraction of sp³-hybridized carbons (Fsp3) is 0.636. The number of aliphatic hydroxyl groups excluding tert-OH is 1. The number of fused-ring (bicyclic) bond motifs is 1. The summed E-state index contributed by atoms with van der Waals surface area (Å²) in [5, 5.41) is 17.9. The summed E-state index contributed by atoms with van der Waals surface area (Å²) in [4.78, 5) is 68.2. The van der Waals surface area contributed by atoms with Gasteiger partial charge in [-0.25, -0.2) is 5.43 Å². The van der Waals surface area contributed by atoms with Crippen LogP contribution in [0.3, 0.4) is 0 Å². The molecule has 2 aromatic heterocycles. The average Bonchev–Trinajstić information content (AvgIpc) is 4.09. The molecule has 7 rings (SSSR count). The fourth-order valence-electron chi connectivity index (χ4n) is 9.05. The first-order valence-electron chi connectivity index (χ1n) is 26.0. The highest BCUT2D eigenvalue weighted by Gasteiger charge is 2.32. The van der Waals surface area contributed by atoms with E-state index in [0.29, 0.717) is 39.0 Å². The van der Waals surface area contributed by atoms with Gasteiger partial charge >= 0.3 is 0 Å². The van der Waals surface area contributed by atoms with E-state index in [0.717, 1.165) is 98.5 Å².